The predicted octanol–water partition coefficient (Wildman–Crippen LogP) is 3.59. The molecule has 2 heterocycles. The van der Waals surface area contributed by atoms with Crippen LogP contribution in [-0.4, -0.2) is 47.8 Å². The zero-order chi connectivity index (χ0) is 18.1. The summed E-state index contributed by atoms with van der Waals surface area (Å²) in [5, 5.41) is 7.00. The monoisotopic (exact) mass is 504 g/mol. The summed E-state index contributed by atoms with van der Waals surface area (Å²) in [5.74, 6) is 1.79. The van der Waals surface area contributed by atoms with Gasteiger partial charge in [0.05, 0.1) is 6.54 Å². The number of nitrogens with one attached hydrogen (secondary N) is 2. The van der Waals surface area contributed by atoms with Crippen molar-refractivity contribution in [2.45, 2.75) is 37.7 Å². The molecule has 2 rings (SSSR count). The molecule has 1 aliphatic rings. The molecule has 0 aliphatic carbocycles. The van der Waals surface area contributed by atoms with Crippen LogP contribution >= 0.6 is 35.7 Å². The van der Waals surface area contributed by atoms with E-state index in [0.29, 0.717) is 23.3 Å². The molecule has 0 amide bonds. The number of aromatic nitrogens is 1. The molecular weight excluding hydrogens is 480 g/mol. The van der Waals surface area contributed by atoms with Crippen LogP contribution in [0.1, 0.15) is 25.3 Å². The zero-order valence-corrected chi connectivity index (χ0v) is 17.7. The van der Waals surface area contributed by atoms with Gasteiger partial charge in [-0.05, 0) is 31.6 Å². The summed E-state index contributed by atoms with van der Waals surface area (Å²) in [6.07, 6.45) is -0.567. The molecule has 1 unspecified atom stereocenters. The lowest BCUT2D eigenvalue weighted by atomic mass is 10.2. The maximum Gasteiger partial charge on any atom is 0.422 e. The van der Waals surface area contributed by atoms with Gasteiger partial charge in [-0.1, -0.05) is 6.07 Å². The molecule has 0 bridgehead atoms. The number of hydrogen-bond acceptors (Lipinski definition) is 4. The molecule has 1 aromatic rings. The van der Waals surface area contributed by atoms with Crippen LogP contribution < -0.4 is 15.4 Å². The lowest BCUT2D eigenvalue weighted by Gasteiger charge is -2.15. The second-order valence-electron chi connectivity index (χ2n) is 5.58. The van der Waals surface area contributed by atoms with Gasteiger partial charge in [0.2, 0.25) is 5.88 Å². The van der Waals surface area contributed by atoms with Crippen molar-refractivity contribution >= 4 is 41.7 Å². The molecule has 1 atom stereocenters. The van der Waals surface area contributed by atoms with E-state index in [4.69, 9.17) is 4.74 Å². The molecule has 0 radical (unpaired) electrons. The highest BCUT2D eigenvalue weighted by Gasteiger charge is 2.29. The van der Waals surface area contributed by atoms with Crippen molar-refractivity contribution < 1.29 is 17.9 Å². The molecule has 26 heavy (non-hydrogen) atoms. The van der Waals surface area contributed by atoms with Gasteiger partial charge in [0, 0.05) is 30.1 Å². The molecule has 0 aromatic carbocycles. The number of ether oxygens (including phenoxy) is 1. The molecule has 1 aliphatic heterocycles. The molecular formula is C16H24F3IN4OS. The molecule has 0 saturated carbocycles. The number of rotatable bonds is 7. The summed E-state index contributed by atoms with van der Waals surface area (Å²) < 4.78 is 41.8. The van der Waals surface area contributed by atoms with Gasteiger partial charge in [-0.3, -0.25) is 0 Å². The fraction of sp³-hybridized carbons (Fsp3) is 0.625. The Morgan fingerprint density at radius 1 is 1.42 bits per heavy atom. The lowest BCUT2D eigenvalue weighted by Crippen LogP contribution is -2.40. The Balaban J connectivity index is 0.00000338. The molecule has 5 nitrogen and oxygen atoms in total. The molecule has 10 heteroatoms. The normalized spacial score (nSPS) is 17.5. The van der Waals surface area contributed by atoms with E-state index in [1.165, 1.54) is 24.8 Å². The van der Waals surface area contributed by atoms with Crippen molar-refractivity contribution in [3.05, 3.63) is 23.9 Å². The Morgan fingerprint density at radius 3 is 2.88 bits per heavy atom. The quantitative estimate of drug-likeness (QED) is 0.338. The number of pyridine rings is 1. The third-order valence-corrected chi connectivity index (χ3v) is 4.89. The maximum absolute atomic E-state index is 12.3. The summed E-state index contributed by atoms with van der Waals surface area (Å²) in [7, 11) is 0. The predicted molar refractivity (Wildman–Crippen MR) is 110 cm³/mol. The SMILES string of the molecule is CCNC(=NCc1cccnc1OCC(F)(F)F)NCC1CCCS1.I. The van der Waals surface area contributed by atoms with E-state index in [9.17, 15) is 13.2 Å². The first-order valence-corrected chi connectivity index (χ1v) is 9.30. The Labute approximate surface area is 173 Å². The number of halogens is 4. The van der Waals surface area contributed by atoms with Crippen molar-refractivity contribution in [2.24, 2.45) is 4.99 Å². The van der Waals surface area contributed by atoms with Gasteiger partial charge < -0.3 is 15.4 Å². The van der Waals surface area contributed by atoms with Crippen molar-refractivity contribution in [1.82, 2.24) is 15.6 Å². The highest BCUT2D eigenvalue weighted by Crippen LogP contribution is 2.25. The largest absolute Gasteiger partial charge is 0.468 e. The van der Waals surface area contributed by atoms with E-state index < -0.39 is 12.8 Å². The van der Waals surface area contributed by atoms with Gasteiger partial charge in [-0.15, -0.1) is 24.0 Å². The fourth-order valence-electron chi connectivity index (χ4n) is 2.35. The third kappa shape index (κ3) is 8.65. The molecule has 0 spiro atoms. The molecule has 2 N–H and O–H groups in total. The molecule has 1 aromatic heterocycles. The summed E-state index contributed by atoms with van der Waals surface area (Å²) in [5.41, 5.74) is 0.513. The summed E-state index contributed by atoms with van der Waals surface area (Å²) in [6.45, 7) is 2.31. The zero-order valence-electron chi connectivity index (χ0n) is 14.5. The Kier molecular flexibility index (Phi) is 10.4. The van der Waals surface area contributed by atoms with E-state index in [0.717, 1.165) is 6.54 Å². The van der Waals surface area contributed by atoms with E-state index >= 15 is 0 Å². The van der Waals surface area contributed by atoms with E-state index in [-0.39, 0.29) is 36.4 Å². The minimum Gasteiger partial charge on any atom is -0.468 e. The average Bonchev–Trinajstić information content (AvgIpc) is 3.09. The van der Waals surface area contributed by atoms with Crippen LogP contribution in [0, 0.1) is 0 Å². The van der Waals surface area contributed by atoms with Gasteiger partial charge in [-0.2, -0.15) is 24.9 Å². The molecule has 1 fully saturated rings. The van der Waals surface area contributed by atoms with E-state index in [1.54, 1.807) is 12.1 Å². The van der Waals surface area contributed by atoms with Gasteiger partial charge >= 0.3 is 6.18 Å². The number of hydrogen-bond donors (Lipinski definition) is 2. The first-order valence-electron chi connectivity index (χ1n) is 8.25. The molecule has 148 valence electrons. The van der Waals surface area contributed by atoms with Crippen molar-refractivity contribution in [2.75, 3.05) is 25.4 Å². The smallest absolute Gasteiger partial charge is 0.422 e. The second kappa shape index (κ2) is 11.7. The van der Waals surface area contributed by atoms with Crippen LogP contribution in [0.2, 0.25) is 0 Å². The van der Waals surface area contributed by atoms with Gasteiger partial charge in [0.1, 0.15) is 0 Å². The molecule has 1 saturated heterocycles. The highest BCUT2D eigenvalue weighted by atomic mass is 127. The topological polar surface area (TPSA) is 58.5 Å². The van der Waals surface area contributed by atoms with Crippen LogP contribution in [0.25, 0.3) is 0 Å². The summed E-state index contributed by atoms with van der Waals surface area (Å²) in [6, 6.07) is 3.32. The van der Waals surface area contributed by atoms with E-state index in [2.05, 4.69) is 20.6 Å². The number of guanidine groups is 1. The maximum atomic E-state index is 12.3. The first kappa shape index (κ1) is 23.1. The van der Waals surface area contributed by atoms with Crippen molar-refractivity contribution in [1.29, 1.82) is 0 Å². The summed E-state index contributed by atoms with van der Waals surface area (Å²) >= 11 is 1.95. The Bertz CT molecular complexity index is 569. The van der Waals surface area contributed by atoms with E-state index in [1.807, 2.05) is 18.7 Å². The van der Waals surface area contributed by atoms with Crippen molar-refractivity contribution in [3.63, 3.8) is 0 Å². The van der Waals surface area contributed by atoms with Crippen LogP contribution in [0.3, 0.4) is 0 Å². The highest BCUT2D eigenvalue weighted by molar-refractivity contribution is 14.0. The Hall–Kier alpha value is -0.910. The van der Waals surface area contributed by atoms with Gasteiger partial charge in [-0.25, -0.2) is 9.98 Å². The number of alkyl halides is 3. The summed E-state index contributed by atoms with van der Waals surface area (Å²) in [4.78, 5) is 8.31. The number of nitrogens with zero attached hydrogens (tertiary/aromatic N) is 2. The van der Waals surface area contributed by atoms with Gasteiger partial charge in [0.25, 0.3) is 0 Å². The van der Waals surface area contributed by atoms with Crippen molar-refractivity contribution in [3.8, 4) is 5.88 Å². The third-order valence-electron chi connectivity index (χ3n) is 3.50. The average molecular weight is 504 g/mol. The fourth-order valence-corrected chi connectivity index (χ4v) is 3.55. The number of thioether (sulfide) groups is 1. The standard InChI is InChI=1S/C16H23F3N4OS.HI/c1-2-20-15(23-10-13-6-4-8-25-13)22-9-12-5-3-7-21-14(12)24-11-16(17,18)19;/h3,5,7,13H,2,4,6,8-11H2,1H3,(H2,20,22,23);1H. The minimum atomic E-state index is -4.40. The second-order valence-corrected chi connectivity index (χ2v) is 6.99. The lowest BCUT2D eigenvalue weighted by molar-refractivity contribution is -0.154. The van der Waals surface area contributed by atoms with Crippen LogP contribution in [0.15, 0.2) is 23.3 Å². The number of aliphatic imine (C=N–C) groups is 1. The minimum absolute atomic E-state index is 0. The van der Waals surface area contributed by atoms with Crippen LogP contribution in [0.5, 0.6) is 5.88 Å². The van der Waals surface area contributed by atoms with Gasteiger partial charge in [0.15, 0.2) is 12.6 Å². The van der Waals surface area contributed by atoms with Crippen LogP contribution in [0.4, 0.5) is 13.2 Å². The Morgan fingerprint density at radius 2 is 2.23 bits per heavy atom. The first-order chi connectivity index (χ1) is 12.0. The van der Waals surface area contributed by atoms with Crippen LogP contribution in [-0.2, 0) is 6.54 Å².